The molecular weight excluding hydrogens is 228 g/mol. The third kappa shape index (κ3) is 3.38. The van der Waals surface area contributed by atoms with E-state index in [1.165, 1.54) is 0 Å². The van der Waals surface area contributed by atoms with Crippen LogP contribution in [-0.4, -0.2) is 24.7 Å². The van der Waals surface area contributed by atoms with Crippen molar-refractivity contribution in [3.63, 3.8) is 0 Å². The Balaban J connectivity index is 2.80. The quantitative estimate of drug-likeness (QED) is 0.428. The topological polar surface area (TPSA) is 58.9 Å². The number of rotatable bonds is 5. The van der Waals surface area contributed by atoms with Crippen LogP contribution in [0.15, 0.2) is 9.98 Å². The number of hydrogen-bond acceptors (Lipinski definition) is 4. The highest BCUT2D eigenvalue weighted by molar-refractivity contribution is 5.34. The number of isocyanates is 2. The lowest BCUT2D eigenvalue weighted by atomic mass is 9.59. The Morgan fingerprint density at radius 3 is 2.50 bits per heavy atom. The van der Waals surface area contributed by atoms with Crippen molar-refractivity contribution in [2.24, 2.45) is 20.8 Å². The van der Waals surface area contributed by atoms with Crippen LogP contribution >= 0.6 is 0 Å². The van der Waals surface area contributed by atoms with Gasteiger partial charge in [-0.05, 0) is 36.5 Å². The van der Waals surface area contributed by atoms with Crippen molar-refractivity contribution in [2.75, 3.05) is 6.54 Å². The van der Waals surface area contributed by atoms with Gasteiger partial charge in [-0.1, -0.05) is 27.2 Å². The molecule has 4 nitrogen and oxygen atoms in total. The molecular formula is C14H22N2O2. The lowest BCUT2D eigenvalue weighted by Gasteiger charge is -2.48. The summed E-state index contributed by atoms with van der Waals surface area (Å²) in [6.45, 7) is 7.03. The smallest absolute Gasteiger partial charge is 0.211 e. The maximum atomic E-state index is 10.7. The van der Waals surface area contributed by atoms with Crippen LogP contribution in [0, 0.1) is 10.8 Å². The van der Waals surface area contributed by atoms with Gasteiger partial charge in [0.2, 0.25) is 12.2 Å². The van der Waals surface area contributed by atoms with Crippen LogP contribution in [0.2, 0.25) is 0 Å². The molecule has 1 aliphatic carbocycles. The number of hydrogen-bond donors (Lipinski definition) is 0. The summed E-state index contributed by atoms with van der Waals surface area (Å²) in [5, 5.41) is 0. The van der Waals surface area contributed by atoms with Gasteiger partial charge < -0.3 is 0 Å². The third-order valence-electron chi connectivity index (χ3n) is 4.23. The summed E-state index contributed by atoms with van der Waals surface area (Å²) in [5.74, 6) is 0. The lowest BCUT2D eigenvalue weighted by Crippen LogP contribution is -2.45. The Morgan fingerprint density at radius 2 is 1.89 bits per heavy atom. The van der Waals surface area contributed by atoms with Crippen molar-refractivity contribution in [3.8, 4) is 0 Å². The molecule has 4 heteroatoms. The Morgan fingerprint density at radius 1 is 1.17 bits per heavy atom. The molecule has 1 saturated carbocycles. The number of carbonyl (C=O) groups excluding carboxylic acids is 2. The van der Waals surface area contributed by atoms with Gasteiger partial charge in [-0.15, -0.1) is 0 Å². The summed E-state index contributed by atoms with van der Waals surface area (Å²) in [4.78, 5) is 28.4. The minimum atomic E-state index is 0.0106. The summed E-state index contributed by atoms with van der Waals surface area (Å²) < 4.78 is 0. The minimum absolute atomic E-state index is 0.0106. The van der Waals surface area contributed by atoms with Crippen molar-refractivity contribution in [3.05, 3.63) is 0 Å². The van der Waals surface area contributed by atoms with Gasteiger partial charge in [0.05, 0.1) is 12.6 Å². The van der Waals surface area contributed by atoms with Gasteiger partial charge in [-0.2, -0.15) is 0 Å². The second-order valence-electron chi connectivity index (χ2n) is 6.20. The fourth-order valence-electron chi connectivity index (χ4n) is 3.42. The van der Waals surface area contributed by atoms with E-state index in [-0.39, 0.29) is 16.9 Å². The van der Waals surface area contributed by atoms with E-state index in [1.54, 1.807) is 12.2 Å². The summed E-state index contributed by atoms with van der Waals surface area (Å²) in [5.41, 5.74) is 0.0515. The predicted octanol–water partition coefficient (Wildman–Crippen LogP) is 3.02. The number of nitrogens with zero attached hydrogens (tertiary/aromatic N) is 2. The summed E-state index contributed by atoms with van der Waals surface area (Å²) in [6.07, 6.45) is 8.38. The third-order valence-corrected chi connectivity index (χ3v) is 4.23. The van der Waals surface area contributed by atoms with Crippen LogP contribution < -0.4 is 0 Å². The monoisotopic (exact) mass is 250 g/mol. The molecule has 2 atom stereocenters. The second-order valence-corrected chi connectivity index (χ2v) is 6.20. The van der Waals surface area contributed by atoms with Crippen LogP contribution in [-0.2, 0) is 9.59 Å². The predicted molar refractivity (Wildman–Crippen MR) is 69.9 cm³/mol. The molecule has 18 heavy (non-hydrogen) atoms. The van der Waals surface area contributed by atoms with E-state index >= 15 is 0 Å². The molecule has 0 aliphatic heterocycles. The van der Waals surface area contributed by atoms with Crippen LogP contribution in [0.3, 0.4) is 0 Å². The zero-order valence-corrected chi connectivity index (χ0v) is 11.5. The first-order valence-corrected chi connectivity index (χ1v) is 6.57. The Bertz CT molecular complexity index is 379. The van der Waals surface area contributed by atoms with Crippen LogP contribution in [0.25, 0.3) is 0 Å². The second kappa shape index (κ2) is 6.08. The average Bonchev–Trinajstić information content (AvgIpc) is 2.30. The largest absolute Gasteiger partial charge is 0.235 e. The highest BCUT2D eigenvalue weighted by Gasteiger charge is 2.46. The molecule has 0 bridgehead atoms. The molecule has 2 unspecified atom stereocenters. The molecule has 1 fully saturated rings. The fourth-order valence-corrected chi connectivity index (χ4v) is 3.42. The molecule has 1 aliphatic rings. The maximum Gasteiger partial charge on any atom is 0.235 e. The first kappa shape index (κ1) is 14.8. The van der Waals surface area contributed by atoms with Crippen molar-refractivity contribution in [2.45, 2.75) is 58.9 Å². The van der Waals surface area contributed by atoms with E-state index in [0.717, 1.165) is 32.1 Å². The fraction of sp³-hybridized carbons (Fsp3) is 0.857. The molecule has 0 spiro atoms. The first-order valence-electron chi connectivity index (χ1n) is 6.57. The molecule has 0 N–H and O–H groups in total. The SMILES string of the molecule is CC1(C)CCCC(C)(CCCN=C=O)C1N=C=O. The van der Waals surface area contributed by atoms with E-state index in [2.05, 4.69) is 30.8 Å². The molecule has 0 heterocycles. The molecule has 0 saturated heterocycles. The molecule has 0 aromatic rings. The van der Waals surface area contributed by atoms with Crippen LogP contribution in [0.5, 0.6) is 0 Å². The Hall–Kier alpha value is -1.24. The summed E-state index contributed by atoms with van der Waals surface area (Å²) in [6, 6.07) is 0.0106. The molecule has 100 valence electrons. The molecule has 0 aromatic carbocycles. The van der Waals surface area contributed by atoms with Crippen LogP contribution in [0.4, 0.5) is 0 Å². The van der Waals surface area contributed by atoms with Gasteiger partial charge in [0.1, 0.15) is 0 Å². The van der Waals surface area contributed by atoms with E-state index in [9.17, 15) is 9.59 Å². The Kier molecular flexibility index (Phi) is 5.01. The highest BCUT2D eigenvalue weighted by atomic mass is 16.1. The molecule has 0 aromatic heterocycles. The van der Waals surface area contributed by atoms with Crippen molar-refractivity contribution in [1.29, 1.82) is 0 Å². The van der Waals surface area contributed by atoms with E-state index in [4.69, 9.17) is 0 Å². The van der Waals surface area contributed by atoms with Crippen LogP contribution in [0.1, 0.15) is 52.9 Å². The van der Waals surface area contributed by atoms with Crippen molar-refractivity contribution in [1.82, 2.24) is 0 Å². The average molecular weight is 250 g/mol. The minimum Gasteiger partial charge on any atom is -0.211 e. The standard InChI is InChI=1S/C14H22N2O2/c1-13(2)6-4-7-14(3,12(13)16-11-18)8-5-9-15-10-17/h12H,4-9H2,1-3H3. The highest BCUT2D eigenvalue weighted by Crippen LogP contribution is 2.50. The molecule has 0 radical (unpaired) electrons. The van der Waals surface area contributed by atoms with Crippen molar-refractivity contribution >= 4 is 12.2 Å². The van der Waals surface area contributed by atoms with E-state index < -0.39 is 0 Å². The van der Waals surface area contributed by atoms with Crippen molar-refractivity contribution < 1.29 is 9.59 Å². The summed E-state index contributed by atoms with van der Waals surface area (Å²) >= 11 is 0. The number of aliphatic imine (C=N–C) groups is 2. The van der Waals surface area contributed by atoms with E-state index in [1.807, 2.05) is 0 Å². The normalized spacial score (nSPS) is 30.1. The first-order chi connectivity index (χ1) is 8.46. The Labute approximate surface area is 109 Å². The van der Waals surface area contributed by atoms with Gasteiger partial charge in [0.15, 0.2) is 0 Å². The zero-order valence-electron chi connectivity index (χ0n) is 11.5. The van der Waals surface area contributed by atoms with Gasteiger partial charge in [-0.3, -0.25) is 0 Å². The summed E-state index contributed by atoms with van der Waals surface area (Å²) in [7, 11) is 0. The molecule has 0 amide bonds. The lowest BCUT2D eigenvalue weighted by molar-refractivity contribution is 0.0554. The maximum absolute atomic E-state index is 10.7. The van der Waals surface area contributed by atoms with Gasteiger partial charge >= 0.3 is 0 Å². The molecule has 1 rings (SSSR count). The zero-order chi connectivity index (χ0) is 13.6. The van der Waals surface area contributed by atoms with Gasteiger partial charge in [0, 0.05) is 0 Å². The van der Waals surface area contributed by atoms with Gasteiger partial charge in [0.25, 0.3) is 0 Å². The van der Waals surface area contributed by atoms with Gasteiger partial charge in [-0.25, -0.2) is 19.6 Å². The van der Waals surface area contributed by atoms with E-state index in [0.29, 0.717) is 6.54 Å².